The number of aromatic amines is 1. The lowest BCUT2D eigenvalue weighted by atomic mass is 10.1. The number of nitrogens with zero attached hydrogens (tertiary/aromatic N) is 2. The van der Waals surface area contributed by atoms with E-state index in [0.717, 1.165) is 11.3 Å². The van der Waals surface area contributed by atoms with Gasteiger partial charge >= 0.3 is 6.03 Å². The first-order chi connectivity index (χ1) is 13.1. The number of rotatable bonds is 5. The van der Waals surface area contributed by atoms with E-state index in [1.54, 1.807) is 31.4 Å². The summed E-state index contributed by atoms with van der Waals surface area (Å²) < 4.78 is 5.27. The number of H-pyrrole nitrogens is 1. The molecule has 27 heavy (non-hydrogen) atoms. The van der Waals surface area contributed by atoms with E-state index in [-0.39, 0.29) is 0 Å². The summed E-state index contributed by atoms with van der Waals surface area (Å²) in [5, 5.41) is 21.9. The highest BCUT2D eigenvalue weighted by atomic mass is 16.5. The summed E-state index contributed by atoms with van der Waals surface area (Å²) in [5.41, 5.74) is 3.89. The van der Waals surface area contributed by atoms with Crippen LogP contribution in [0.25, 0.3) is 11.3 Å². The van der Waals surface area contributed by atoms with Gasteiger partial charge in [-0.3, -0.25) is 5.10 Å². The van der Waals surface area contributed by atoms with Crippen molar-refractivity contribution in [2.24, 2.45) is 0 Å². The molecule has 3 N–H and O–H groups in total. The summed E-state index contributed by atoms with van der Waals surface area (Å²) >= 11 is 0. The summed E-state index contributed by atoms with van der Waals surface area (Å²) in [6.07, 6.45) is 0.677. The number of benzene rings is 2. The molecule has 7 heteroatoms. The SMILES string of the molecule is CCc1[nH]nc(-c2cccc(OC)c2)c1NC(=O)Nc1cccc(C#N)c1. The van der Waals surface area contributed by atoms with Crippen LogP contribution in [0.1, 0.15) is 18.2 Å². The van der Waals surface area contributed by atoms with Gasteiger partial charge in [-0.25, -0.2) is 4.79 Å². The maximum atomic E-state index is 12.5. The molecule has 7 nitrogen and oxygen atoms in total. The number of aryl methyl sites for hydroxylation is 1. The molecule has 0 aliphatic rings. The molecule has 0 aliphatic carbocycles. The molecule has 0 saturated carbocycles. The Morgan fingerprint density at radius 1 is 1.22 bits per heavy atom. The van der Waals surface area contributed by atoms with E-state index in [0.29, 0.717) is 34.8 Å². The van der Waals surface area contributed by atoms with Crippen molar-refractivity contribution in [3.8, 4) is 23.1 Å². The minimum absolute atomic E-state index is 0.412. The number of nitrogens with one attached hydrogen (secondary N) is 3. The van der Waals surface area contributed by atoms with Gasteiger partial charge in [0.25, 0.3) is 0 Å². The molecule has 0 bridgehead atoms. The Balaban J connectivity index is 1.86. The lowest BCUT2D eigenvalue weighted by Gasteiger charge is -2.10. The second-order valence-corrected chi connectivity index (χ2v) is 5.78. The zero-order valence-electron chi connectivity index (χ0n) is 15.0. The summed E-state index contributed by atoms with van der Waals surface area (Å²) in [5.74, 6) is 0.706. The molecule has 3 aromatic rings. The first-order valence-corrected chi connectivity index (χ1v) is 8.44. The summed E-state index contributed by atoms with van der Waals surface area (Å²) in [4.78, 5) is 12.5. The fourth-order valence-corrected chi connectivity index (χ4v) is 2.69. The Bertz CT molecular complexity index is 1000. The molecule has 136 valence electrons. The van der Waals surface area contributed by atoms with Crippen molar-refractivity contribution in [1.82, 2.24) is 10.2 Å². The number of carbonyl (C=O) groups is 1. The van der Waals surface area contributed by atoms with Crippen LogP contribution in [0.4, 0.5) is 16.2 Å². The molecule has 0 spiro atoms. The van der Waals surface area contributed by atoms with Gasteiger partial charge in [0.2, 0.25) is 0 Å². The standard InChI is InChI=1S/C20H19N5O2/c1-3-17-19(18(25-24-17)14-7-5-9-16(11-14)27-2)23-20(26)22-15-8-4-6-13(10-15)12-21/h4-11H,3H2,1-2H3,(H,24,25)(H2,22,23,26). The van der Waals surface area contributed by atoms with Gasteiger partial charge in [-0.2, -0.15) is 10.4 Å². The maximum Gasteiger partial charge on any atom is 0.323 e. The smallest absolute Gasteiger partial charge is 0.323 e. The monoisotopic (exact) mass is 361 g/mol. The minimum Gasteiger partial charge on any atom is -0.497 e. The molecule has 0 aliphatic heterocycles. The first kappa shape index (κ1) is 18.0. The normalized spacial score (nSPS) is 10.1. The Labute approximate surface area is 157 Å². The average Bonchev–Trinajstić information content (AvgIpc) is 3.10. The zero-order valence-corrected chi connectivity index (χ0v) is 15.0. The van der Waals surface area contributed by atoms with Gasteiger partial charge in [0.15, 0.2) is 0 Å². The molecule has 3 rings (SSSR count). The Morgan fingerprint density at radius 3 is 2.78 bits per heavy atom. The molecule has 2 aromatic carbocycles. The van der Waals surface area contributed by atoms with Crippen LogP contribution in [0.15, 0.2) is 48.5 Å². The molecule has 0 unspecified atom stereocenters. The second-order valence-electron chi connectivity index (χ2n) is 5.78. The number of anilines is 2. The molecular formula is C20H19N5O2. The fraction of sp³-hybridized carbons (Fsp3) is 0.150. The summed E-state index contributed by atoms with van der Waals surface area (Å²) in [6, 6.07) is 15.8. The lowest BCUT2D eigenvalue weighted by Crippen LogP contribution is -2.20. The topological polar surface area (TPSA) is 103 Å². The minimum atomic E-state index is -0.412. The quantitative estimate of drug-likeness (QED) is 0.635. The van der Waals surface area contributed by atoms with Gasteiger partial charge in [0.1, 0.15) is 11.4 Å². The Kier molecular flexibility index (Phi) is 5.38. The van der Waals surface area contributed by atoms with Gasteiger partial charge in [0, 0.05) is 11.3 Å². The number of aromatic nitrogens is 2. The van der Waals surface area contributed by atoms with E-state index in [1.807, 2.05) is 37.3 Å². The van der Waals surface area contributed by atoms with Crippen LogP contribution in [0, 0.1) is 11.3 Å². The molecule has 0 saturated heterocycles. The van der Waals surface area contributed by atoms with Crippen molar-refractivity contribution in [1.29, 1.82) is 5.26 Å². The number of urea groups is 1. The van der Waals surface area contributed by atoms with E-state index in [4.69, 9.17) is 10.00 Å². The molecular weight excluding hydrogens is 342 g/mol. The number of nitriles is 1. The van der Waals surface area contributed by atoms with E-state index >= 15 is 0 Å². The predicted octanol–water partition coefficient (Wildman–Crippen LogP) is 4.16. The van der Waals surface area contributed by atoms with Crippen molar-refractivity contribution >= 4 is 17.4 Å². The largest absolute Gasteiger partial charge is 0.497 e. The van der Waals surface area contributed by atoms with E-state index in [9.17, 15) is 4.79 Å². The van der Waals surface area contributed by atoms with Gasteiger partial charge in [-0.1, -0.05) is 25.1 Å². The predicted molar refractivity (Wildman–Crippen MR) is 104 cm³/mol. The van der Waals surface area contributed by atoms with Gasteiger partial charge in [-0.15, -0.1) is 0 Å². The van der Waals surface area contributed by atoms with Gasteiger partial charge in [-0.05, 0) is 36.8 Å². The third-order valence-electron chi connectivity index (χ3n) is 4.03. The highest BCUT2D eigenvalue weighted by Crippen LogP contribution is 2.31. The van der Waals surface area contributed by atoms with Crippen LogP contribution in [0.3, 0.4) is 0 Å². The van der Waals surface area contributed by atoms with Crippen molar-refractivity contribution in [3.63, 3.8) is 0 Å². The lowest BCUT2D eigenvalue weighted by molar-refractivity contribution is 0.262. The summed E-state index contributed by atoms with van der Waals surface area (Å²) in [7, 11) is 1.60. The zero-order chi connectivity index (χ0) is 19.2. The van der Waals surface area contributed by atoms with Crippen molar-refractivity contribution < 1.29 is 9.53 Å². The number of methoxy groups -OCH3 is 1. The number of amides is 2. The average molecular weight is 361 g/mol. The van der Waals surface area contributed by atoms with Crippen molar-refractivity contribution in [2.45, 2.75) is 13.3 Å². The van der Waals surface area contributed by atoms with Crippen LogP contribution < -0.4 is 15.4 Å². The summed E-state index contributed by atoms with van der Waals surface area (Å²) in [6.45, 7) is 1.97. The van der Waals surface area contributed by atoms with E-state index in [2.05, 4.69) is 20.8 Å². The molecule has 2 amide bonds. The molecule has 1 heterocycles. The third kappa shape index (κ3) is 4.07. The highest BCUT2D eigenvalue weighted by Gasteiger charge is 2.17. The molecule has 0 atom stereocenters. The van der Waals surface area contributed by atoms with Gasteiger partial charge in [0.05, 0.1) is 30.1 Å². The third-order valence-corrected chi connectivity index (χ3v) is 4.03. The Morgan fingerprint density at radius 2 is 2.04 bits per heavy atom. The fourth-order valence-electron chi connectivity index (χ4n) is 2.69. The van der Waals surface area contributed by atoms with E-state index in [1.165, 1.54) is 0 Å². The van der Waals surface area contributed by atoms with Crippen LogP contribution in [-0.2, 0) is 6.42 Å². The first-order valence-electron chi connectivity index (χ1n) is 8.44. The van der Waals surface area contributed by atoms with Gasteiger partial charge < -0.3 is 15.4 Å². The van der Waals surface area contributed by atoms with Crippen LogP contribution in [0.2, 0.25) is 0 Å². The number of ether oxygens (including phenoxy) is 1. The van der Waals surface area contributed by atoms with Crippen molar-refractivity contribution in [3.05, 3.63) is 59.8 Å². The number of hydrogen-bond donors (Lipinski definition) is 3. The number of carbonyl (C=O) groups excluding carboxylic acids is 1. The van der Waals surface area contributed by atoms with Crippen LogP contribution >= 0.6 is 0 Å². The Hall–Kier alpha value is -3.79. The van der Waals surface area contributed by atoms with E-state index < -0.39 is 6.03 Å². The second kappa shape index (κ2) is 8.06. The molecule has 1 aromatic heterocycles. The number of hydrogen-bond acceptors (Lipinski definition) is 4. The molecule has 0 radical (unpaired) electrons. The van der Waals surface area contributed by atoms with Crippen molar-refractivity contribution in [2.75, 3.05) is 17.7 Å². The molecule has 0 fully saturated rings. The van der Waals surface area contributed by atoms with Crippen LogP contribution in [0.5, 0.6) is 5.75 Å². The van der Waals surface area contributed by atoms with Crippen LogP contribution in [-0.4, -0.2) is 23.3 Å². The maximum absolute atomic E-state index is 12.5. The highest BCUT2D eigenvalue weighted by molar-refractivity contribution is 6.02.